The van der Waals surface area contributed by atoms with Crippen molar-refractivity contribution >= 4 is 51.5 Å². The Morgan fingerprint density at radius 3 is 2.53 bits per heavy atom. The minimum atomic E-state index is -0.380. The van der Waals surface area contributed by atoms with Crippen molar-refractivity contribution in [1.29, 1.82) is 0 Å². The minimum Gasteiger partial charge on any atom is -0.342 e. The molecule has 0 saturated carbocycles. The molecule has 0 bridgehead atoms. The van der Waals surface area contributed by atoms with Crippen molar-refractivity contribution in [3.05, 3.63) is 111 Å². The molecule has 0 atom stereocenters. The molecular formula is C27H20ClFN2O2S. The second kappa shape index (κ2) is 9.49. The van der Waals surface area contributed by atoms with Gasteiger partial charge in [0.2, 0.25) is 0 Å². The lowest BCUT2D eigenvalue weighted by Gasteiger charge is -2.12. The predicted molar refractivity (Wildman–Crippen MR) is 135 cm³/mol. The van der Waals surface area contributed by atoms with Crippen LogP contribution < -0.4 is 0 Å². The van der Waals surface area contributed by atoms with E-state index in [2.05, 4.69) is 0 Å². The molecule has 5 rings (SSSR count). The lowest BCUT2D eigenvalue weighted by atomic mass is 10.1. The highest BCUT2D eigenvalue weighted by Crippen LogP contribution is 2.34. The standard InChI is InChI=1S/C27H20ClFN2O2S/c28-23-15-21(29)11-10-19(23)16-30-17-20(22-8-4-5-9-24(22)30)14-25-26(32)31(27(33)34-25)13-12-18-6-2-1-3-7-18/h1-11,14-15,17H,12-13,16H2/b25-14-. The van der Waals surface area contributed by atoms with Crippen molar-refractivity contribution in [3.8, 4) is 0 Å². The summed E-state index contributed by atoms with van der Waals surface area (Å²) in [5, 5.41) is 1.06. The van der Waals surface area contributed by atoms with E-state index in [0.29, 0.717) is 29.4 Å². The molecule has 0 N–H and O–H groups in total. The third-order valence-corrected chi connectivity index (χ3v) is 7.06. The highest BCUT2D eigenvalue weighted by atomic mass is 35.5. The molecule has 4 nitrogen and oxygen atoms in total. The molecular weight excluding hydrogens is 471 g/mol. The predicted octanol–water partition coefficient (Wildman–Crippen LogP) is 6.76. The number of hydrogen-bond donors (Lipinski definition) is 0. The normalized spacial score (nSPS) is 15.1. The molecule has 0 aliphatic carbocycles. The Kier molecular flexibility index (Phi) is 6.26. The van der Waals surface area contributed by atoms with E-state index in [1.165, 1.54) is 17.0 Å². The number of aromatic nitrogens is 1. The van der Waals surface area contributed by atoms with E-state index in [1.54, 1.807) is 12.1 Å². The Labute approximate surface area is 205 Å². The van der Waals surface area contributed by atoms with Crippen LogP contribution in [-0.4, -0.2) is 27.2 Å². The van der Waals surface area contributed by atoms with Gasteiger partial charge in [-0.1, -0.05) is 66.2 Å². The van der Waals surface area contributed by atoms with E-state index >= 15 is 0 Å². The average Bonchev–Trinajstić information content (AvgIpc) is 3.31. The summed E-state index contributed by atoms with van der Waals surface area (Å²) in [4.78, 5) is 27.3. The zero-order valence-electron chi connectivity index (χ0n) is 18.1. The molecule has 1 aliphatic rings. The lowest BCUT2D eigenvalue weighted by molar-refractivity contribution is -0.122. The van der Waals surface area contributed by atoms with Crippen molar-refractivity contribution in [2.45, 2.75) is 13.0 Å². The van der Waals surface area contributed by atoms with Gasteiger partial charge in [-0.2, -0.15) is 0 Å². The molecule has 4 aromatic rings. The number of carbonyl (C=O) groups is 2. The van der Waals surface area contributed by atoms with Crippen molar-refractivity contribution < 1.29 is 14.0 Å². The monoisotopic (exact) mass is 490 g/mol. The zero-order valence-corrected chi connectivity index (χ0v) is 19.7. The number of thioether (sulfide) groups is 1. The number of para-hydroxylation sites is 1. The highest BCUT2D eigenvalue weighted by molar-refractivity contribution is 8.18. The van der Waals surface area contributed by atoms with Crippen LogP contribution in [0, 0.1) is 5.82 Å². The zero-order chi connectivity index (χ0) is 23.7. The van der Waals surface area contributed by atoms with E-state index in [-0.39, 0.29) is 17.0 Å². The third kappa shape index (κ3) is 4.52. The highest BCUT2D eigenvalue weighted by Gasteiger charge is 2.34. The SMILES string of the molecule is O=C1S/C(=C\c2cn(Cc3ccc(F)cc3Cl)c3ccccc23)C(=O)N1CCc1ccccc1. The Bertz CT molecular complexity index is 1430. The lowest BCUT2D eigenvalue weighted by Crippen LogP contribution is -2.30. The number of imide groups is 1. The molecule has 1 saturated heterocycles. The van der Waals surface area contributed by atoms with E-state index in [0.717, 1.165) is 39.4 Å². The molecule has 1 fully saturated rings. The van der Waals surface area contributed by atoms with Gasteiger partial charge in [-0.25, -0.2) is 4.39 Å². The van der Waals surface area contributed by atoms with Gasteiger partial charge in [-0.15, -0.1) is 0 Å². The number of carbonyl (C=O) groups excluding carboxylic acids is 2. The minimum absolute atomic E-state index is 0.256. The number of hydrogen-bond acceptors (Lipinski definition) is 3. The maximum Gasteiger partial charge on any atom is 0.293 e. The topological polar surface area (TPSA) is 42.3 Å². The molecule has 1 aromatic heterocycles. The molecule has 2 heterocycles. The fourth-order valence-corrected chi connectivity index (χ4v) is 5.16. The summed E-state index contributed by atoms with van der Waals surface area (Å²) in [6.07, 6.45) is 4.32. The number of halogens is 2. The first-order valence-electron chi connectivity index (χ1n) is 10.8. The van der Waals surface area contributed by atoms with Crippen LogP contribution in [0.4, 0.5) is 9.18 Å². The molecule has 2 amide bonds. The van der Waals surface area contributed by atoms with Crippen molar-refractivity contribution in [1.82, 2.24) is 9.47 Å². The van der Waals surface area contributed by atoms with Gasteiger partial charge < -0.3 is 4.57 Å². The van der Waals surface area contributed by atoms with Gasteiger partial charge in [0.25, 0.3) is 11.1 Å². The van der Waals surface area contributed by atoms with Gasteiger partial charge >= 0.3 is 0 Å². The summed E-state index contributed by atoms with van der Waals surface area (Å²) in [7, 11) is 0. The van der Waals surface area contributed by atoms with Gasteiger partial charge in [0, 0.05) is 40.8 Å². The van der Waals surface area contributed by atoms with E-state index < -0.39 is 0 Å². The molecule has 0 unspecified atom stereocenters. The summed E-state index contributed by atoms with van der Waals surface area (Å²) in [6, 6.07) is 22.0. The Hall–Kier alpha value is -3.35. The average molecular weight is 491 g/mol. The van der Waals surface area contributed by atoms with Gasteiger partial charge in [0.1, 0.15) is 5.82 Å². The fraction of sp³-hybridized carbons (Fsp3) is 0.111. The molecule has 0 spiro atoms. The summed E-state index contributed by atoms with van der Waals surface area (Å²) in [5.74, 6) is -0.654. The van der Waals surface area contributed by atoms with E-state index in [1.807, 2.05) is 65.4 Å². The van der Waals surface area contributed by atoms with Crippen LogP contribution in [0.5, 0.6) is 0 Å². The maximum atomic E-state index is 13.5. The van der Waals surface area contributed by atoms with Crippen LogP contribution in [0.3, 0.4) is 0 Å². The Morgan fingerprint density at radius 1 is 0.971 bits per heavy atom. The first kappa shape index (κ1) is 22.4. The molecule has 34 heavy (non-hydrogen) atoms. The number of benzene rings is 3. The smallest absolute Gasteiger partial charge is 0.293 e. The molecule has 1 aliphatic heterocycles. The Morgan fingerprint density at radius 2 is 1.74 bits per heavy atom. The van der Waals surface area contributed by atoms with Gasteiger partial charge in [0.15, 0.2) is 0 Å². The first-order chi connectivity index (χ1) is 16.5. The van der Waals surface area contributed by atoms with Gasteiger partial charge in [-0.05, 0) is 53.6 Å². The second-order valence-electron chi connectivity index (χ2n) is 8.03. The second-order valence-corrected chi connectivity index (χ2v) is 9.43. The van der Waals surface area contributed by atoms with Crippen molar-refractivity contribution in [3.63, 3.8) is 0 Å². The van der Waals surface area contributed by atoms with Gasteiger partial charge in [-0.3, -0.25) is 14.5 Å². The number of amides is 2. The summed E-state index contributed by atoms with van der Waals surface area (Å²) < 4.78 is 15.5. The van der Waals surface area contributed by atoms with Crippen LogP contribution in [0.15, 0.2) is 83.9 Å². The van der Waals surface area contributed by atoms with Crippen LogP contribution in [0.2, 0.25) is 5.02 Å². The van der Waals surface area contributed by atoms with Crippen LogP contribution in [-0.2, 0) is 17.8 Å². The van der Waals surface area contributed by atoms with E-state index in [4.69, 9.17) is 11.6 Å². The first-order valence-corrected chi connectivity index (χ1v) is 12.0. The maximum absolute atomic E-state index is 13.5. The quantitative estimate of drug-likeness (QED) is 0.280. The fourth-order valence-electron chi connectivity index (χ4n) is 4.07. The van der Waals surface area contributed by atoms with Gasteiger partial charge in [0.05, 0.1) is 4.91 Å². The Balaban J connectivity index is 1.42. The summed E-state index contributed by atoms with van der Waals surface area (Å²) >= 11 is 7.21. The summed E-state index contributed by atoms with van der Waals surface area (Å²) in [5.41, 5.74) is 3.66. The van der Waals surface area contributed by atoms with E-state index in [9.17, 15) is 14.0 Å². The largest absolute Gasteiger partial charge is 0.342 e. The molecule has 3 aromatic carbocycles. The van der Waals surface area contributed by atoms with Crippen LogP contribution >= 0.6 is 23.4 Å². The molecule has 170 valence electrons. The van der Waals surface area contributed by atoms with Crippen molar-refractivity contribution in [2.24, 2.45) is 0 Å². The number of nitrogens with zero attached hydrogens (tertiary/aromatic N) is 2. The summed E-state index contributed by atoms with van der Waals surface area (Å²) in [6.45, 7) is 0.795. The van der Waals surface area contributed by atoms with Crippen LogP contribution in [0.25, 0.3) is 17.0 Å². The molecule has 7 heteroatoms. The van der Waals surface area contributed by atoms with Crippen molar-refractivity contribution in [2.75, 3.05) is 6.54 Å². The van der Waals surface area contributed by atoms with Crippen LogP contribution in [0.1, 0.15) is 16.7 Å². The molecule has 0 radical (unpaired) electrons. The number of rotatable bonds is 6. The number of fused-ring (bicyclic) bond motifs is 1. The third-order valence-electron chi connectivity index (χ3n) is 5.80.